The molecule has 0 unspecified atom stereocenters. The zero-order valence-corrected chi connectivity index (χ0v) is 21.7. The number of ketones is 1. The van der Waals surface area contributed by atoms with Crippen LogP contribution in [0.25, 0.3) is 0 Å². The first-order valence-corrected chi connectivity index (χ1v) is 13.7. The lowest BCUT2D eigenvalue weighted by molar-refractivity contribution is -0.146. The van der Waals surface area contributed by atoms with Crippen molar-refractivity contribution in [2.24, 2.45) is 5.41 Å². The Morgan fingerprint density at radius 3 is 2.08 bits per heavy atom. The van der Waals surface area contributed by atoms with E-state index in [0.717, 1.165) is 28.9 Å². The van der Waals surface area contributed by atoms with Crippen LogP contribution in [0.15, 0.2) is 115 Å². The fraction of sp³-hybridized carbons (Fsp3) is 0.235. The molecule has 5 heteroatoms. The maximum Gasteiger partial charge on any atom is 0.250 e. The smallest absolute Gasteiger partial charge is 0.250 e. The molecule has 2 fully saturated rings. The van der Waals surface area contributed by atoms with E-state index in [2.05, 4.69) is 64.1 Å². The Kier molecular flexibility index (Phi) is 5.72. The minimum Gasteiger partial charge on any atom is -0.324 e. The molecule has 4 atom stereocenters. The van der Waals surface area contributed by atoms with Gasteiger partial charge in [0.15, 0.2) is 0 Å². The number of fused-ring (bicyclic) bond motifs is 3. The number of amides is 1. The van der Waals surface area contributed by atoms with Gasteiger partial charge in [-0.2, -0.15) is 0 Å². The first kappa shape index (κ1) is 24.0. The molecule has 0 aliphatic carbocycles. The number of piperidine rings is 1. The molecule has 0 bridgehead atoms. The largest absolute Gasteiger partial charge is 0.324 e. The maximum atomic E-state index is 14.6. The molecule has 39 heavy (non-hydrogen) atoms. The summed E-state index contributed by atoms with van der Waals surface area (Å²) < 4.78 is 0. The molecule has 3 aliphatic heterocycles. The second-order valence-corrected chi connectivity index (χ2v) is 11.0. The van der Waals surface area contributed by atoms with Gasteiger partial charge >= 0.3 is 0 Å². The highest BCUT2D eigenvalue weighted by atomic mass is 16.2. The van der Waals surface area contributed by atoms with E-state index < -0.39 is 11.0 Å². The SMILES string of the molecule is O=C1Nc2ccccc2[C@]12N[C@@H](c1ccccc1)[C@H](c1ccccc1)[C@]21CN(Cc2ccccc2)CCC1=O. The quantitative estimate of drug-likeness (QED) is 0.382. The van der Waals surface area contributed by atoms with Crippen LogP contribution in [0.5, 0.6) is 0 Å². The number of anilines is 1. The Bertz CT molecular complexity index is 1520. The highest BCUT2D eigenvalue weighted by molar-refractivity contribution is 6.11. The lowest BCUT2D eigenvalue weighted by atomic mass is 9.56. The molecule has 5 nitrogen and oxygen atoms in total. The van der Waals surface area contributed by atoms with Crippen LogP contribution in [0, 0.1) is 5.41 Å². The first-order chi connectivity index (χ1) is 19.1. The number of carbonyl (C=O) groups is 2. The molecule has 4 aromatic carbocycles. The topological polar surface area (TPSA) is 61.4 Å². The summed E-state index contributed by atoms with van der Waals surface area (Å²) >= 11 is 0. The van der Waals surface area contributed by atoms with Crippen molar-refractivity contribution < 1.29 is 9.59 Å². The fourth-order valence-electron chi connectivity index (χ4n) is 7.46. The van der Waals surface area contributed by atoms with Gasteiger partial charge in [-0.05, 0) is 22.8 Å². The third-order valence-corrected chi connectivity index (χ3v) is 9.02. The molecule has 0 aromatic heterocycles. The van der Waals surface area contributed by atoms with Crippen LogP contribution in [0.3, 0.4) is 0 Å². The number of nitrogens with zero attached hydrogens (tertiary/aromatic N) is 1. The molecule has 7 rings (SSSR count). The molecule has 3 aliphatic rings. The van der Waals surface area contributed by atoms with Crippen LogP contribution in [-0.4, -0.2) is 29.7 Å². The number of carbonyl (C=O) groups excluding carboxylic acids is 2. The normalized spacial score (nSPS) is 28.1. The number of rotatable bonds is 4. The van der Waals surface area contributed by atoms with Crippen LogP contribution in [0.1, 0.15) is 40.6 Å². The summed E-state index contributed by atoms with van der Waals surface area (Å²) in [4.78, 5) is 31.4. The van der Waals surface area contributed by atoms with Crippen molar-refractivity contribution in [3.05, 3.63) is 138 Å². The van der Waals surface area contributed by atoms with Gasteiger partial charge in [0.1, 0.15) is 11.3 Å². The van der Waals surface area contributed by atoms with Crippen LogP contribution < -0.4 is 10.6 Å². The third-order valence-electron chi connectivity index (χ3n) is 9.02. The van der Waals surface area contributed by atoms with Crippen LogP contribution in [0.2, 0.25) is 0 Å². The Hall–Kier alpha value is -4.06. The Morgan fingerprint density at radius 1 is 0.744 bits per heavy atom. The third kappa shape index (κ3) is 3.54. The molecule has 2 saturated heterocycles. The van der Waals surface area contributed by atoms with Crippen molar-refractivity contribution in [3.8, 4) is 0 Å². The van der Waals surface area contributed by atoms with Crippen molar-refractivity contribution in [1.82, 2.24) is 10.2 Å². The van der Waals surface area contributed by atoms with Crippen LogP contribution >= 0.6 is 0 Å². The molecule has 4 aromatic rings. The van der Waals surface area contributed by atoms with Gasteiger partial charge in [-0.1, -0.05) is 109 Å². The van der Waals surface area contributed by atoms with Gasteiger partial charge in [0.05, 0.1) is 5.41 Å². The summed E-state index contributed by atoms with van der Waals surface area (Å²) in [7, 11) is 0. The van der Waals surface area contributed by atoms with Crippen molar-refractivity contribution in [2.75, 3.05) is 18.4 Å². The lowest BCUT2D eigenvalue weighted by Gasteiger charge is -2.49. The van der Waals surface area contributed by atoms with Crippen molar-refractivity contribution in [2.45, 2.75) is 30.5 Å². The number of benzene rings is 4. The van der Waals surface area contributed by atoms with Crippen molar-refractivity contribution >= 4 is 17.4 Å². The summed E-state index contributed by atoms with van der Waals surface area (Å²) in [6, 6.07) is 38.6. The van der Waals surface area contributed by atoms with Gasteiger partial charge < -0.3 is 5.32 Å². The van der Waals surface area contributed by atoms with E-state index in [0.29, 0.717) is 19.5 Å². The minimum atomic E-state index is -1.20. The summed E-state index contributed by atoms with van der Waals surface area (Å²) in [5.41, 5.74) is 2.78. The van der Waals surface area contributed by atoms with E-state index in [9.17, 15) is 9.59 Å². The molecular weight excluding hydrogens is 482 g/mol. The molecule has 2 N–H and O–H groups in total. The summed E-state index contributed by atoms with van der Waals surface area (Å²) in [5.74, 6) is -0.236. The van der Waals surface area contributed by atoms with E-state index in [4.69, 9.17) is 0 Å². The standard InChI is InChI=1S/C34H31N3O2/c38-29-20-21-37(22-24-12-4-1-5-13-24)23-33(29)30(25-14-6-2-7-15-25)31(26-16-8-3-9-17-26)36-34(33)27-18-10-11-19-28(27)35-32(34)39/h1-19,30-31,36H,20-23H2,(H,35,39)/t30-,31-,33+,34-/m0/s1. The molecule has 1 amide bonds. The number of para-hydroxylation sites is 1. The predicted octanol–water partition coefficient (Wildman–Crippen LogP) is 5.42. The number of hydrogen-bond donors (Lipinski definition) is 2. The number of hydrogen-bond acceptors (Lipinski definition) is 4. The molecule has 2 spiro atoms. The molecule has 194 valence electrons. The fourth-order valence-corrected chi connectivity index (χ4v) is 7.46. The first-order valence-electron chi connectivity index (χ1n) is 13.7. The minimum absolute atomic E-state index is 0.141. The van der Waals surface area contributed by atoms with Gasteiger partial charge in [0, 0.05) is 49.3 Å². The van der Waals surface area contributed by atoms with E-state index in [1.54, 1.807) is 0 Å². The van der Waals surface area contributed by atoms with Gasteiger partial charge in [0.25, 0.3) is 5.91 Å². The second-order valence-electron chi connectivity index (χ2n) is 11.0. The van der Waals surface area contributed by atoms with Gasteiger partial charge in [-0.3, -0.25) is 19.8 Å². The number of Topliss-reactive ketones (excluding diaryl/α,β-unsaturated/α-hetero) is 1. The van der Waals surface area contributed by atoms with Gasteiger partial charge in [-0.25, -0.2) is 0 Å². The Labute approximate surface area is 228 Å². The average molecular weight is 514 g/mol. The lowest BCUT2D eigenvalue weighted by Crippen LogP contribution is -2.64. The summed E-state index contributed by atoms with van der Waals surface area (Å²) in [6.45, 7) is 1.89. The molecule has 3 heterocycles. The Balaban J connectivity index is 1.48. The maximum absolute atomic E-state index is 14.6. The second kappa shape index (κ2) is 9.30. The average Bonchev–Trinajstić information content (AvgIpc) is 3.45. The van der Waals surface area contributed by atoms with Crippen molar-refractivity contribution in [1.29, 1.82) is 0 Å². The zero-order valence-electron chi connectivity index (χ0n) is 21.7. The van der Waals surface area contributed by atoms with E-state index in [-0.39, 0.29) is 23.7 Å². The van der Waals surface area contributed by atoms with E-state index in [1.807, 2.05) is 66.7 Å². The molecular formula is C34H31N3O2. The molecule has 0 radical (unpaired) electrons. The van der Waals surface area contributed by atoms with E-state index >= 15 is 0 Å². The number of likely N-dealkylation sites (tertiary alicyclic amines) is 1. The highest BCUT2D eigenvalue weighted by Gasteiger charge is 2.74. The predicted molar refractivity (Wildman–Crippen MR) is 152 cm³/mol. The molecule has 0 saturated carbocycles. The summed E-state index contributed by atoms with van der Waals surface area (Å²) in [5, 5.41) is 7.01. The zero-order chi connectivity index (χ0) is 26.5. The number of nitrogens with one attached hydrogen (secondary N) is 2. The monoisotopic (exact) mass is 513 g/mol. The van der Waals surface area contributed by atoms with Crippen LogP contribution in [0.4, 0.5) is 5.69 Å². The summed E-state index contributed by atoms with van der Waals surface area (Å²) in [6.07, 6.45) is 0.399. The van der Waals surface area contributed by atoms with Gasteiger partial charge in [-0.15, -0.1) is 0 Å². The van der Waals surface area contributed by atoms with Gasteiger partial charge in [0.2, 0.25) is 0 Å². The highest BCUT2D eigenvalue weighted by Crippen LogP contribution is 2.65. The van der Waals surface area contributed by atoms with E-state index in [1.165, 1.54) is 5.56 Å². The van der Waals surface area contributed by atoms with Crippen LogP contribution in [-0.2, 0) is 21.7 Å². The Morgan fingerprint density at radius 2 is 1.36 bits per heavy atom. The van der Waals surface area contributed by atoms with Crippen molar-refractivity contribution in [3.63, 3.8) is 0 Å².